The SMILES string of the molecule is CC(C)c1ccc(C(=O)CN(C)Cc2ccccc2)cc1. The molecule has 110 valence electrons. The van der Waals surface area contributed by atoms with Crippen LogP contribution in [0.3, 0.4) is 0 Å². The van der Waals surface area contributed by atoms with Crippen molar-refractivity contribution in [3.63, 3.8) is 0 Å². The van der Waals surface area contributed by atoms with E-state index >= 15 is 0 Å². The summed E-state index contributed by atoms with van der Waals surface area (Å²) in [6.07, 6.45) is 0. The summed E-state index contributed by atoms with van der Waals surface area (Å²) in [5.41, 5.74) is 3.28. The first-order valence-electron chi connectivity index (χ1n) is 7.42. The standard InChI is InChI=1S/C19H23NO/c1-15(2)17-9-11-18(12-10-17)19(21)14-20(3)13-16-7-5-4-6-8-16/h4-12,15H,13-14H2,1-3H3. The van der Waals surface area contributed by atoms with Crippen LogP contribution in [-0.4, -0.2) is 24.3 Å². The minimum absolute atomic E-state index is 0.170. The van der Waals surface area contributed by atoms with E-state index in [2.05, 4.69) is 38.1 Å². The van der Waals surface area contributed by atoms with Crippen LogP contribution < -0.4 is 0 Å². The quantitative estimate of drug-likeness (QED) is 0.742. The van der Waals surface area contributed by atoms with Crippen molar-refractivity contribution in [1.29, 1.82) is 0 Å². The Balaban J connectivity index is 1.94. The highest BCUT2D eigenvalue weighted by atomic mass is 16.1. The number of benzene rings is 2. The van der Waals surface area contributed by atoms with Crippen LogP contribution in [0.15, 0.2) is 54.6 Å². The van der Waals surface area contributed by atoms with Gasteiger partial charge >= 0.3 is 0 Å². The smallest absolute Gasteiger partial charge is 0.176 e. The topological polar surface area (TPSA) is 20.3 Å². The number of rotatable bonds is 6. The lowest BCUT2D eigenvalue weighted by Gasteiger charge is -2.16. The Hall–Kier alpha value is -1.93. The van der Waals surface area contributed by atoms with Gasteiger partial charge in [0, 0.05) is 12.1 Å². The molecular formula is C19H23NO. The molecule has 0 atom stereocenters. The molecule has 0 fully saturated rings. The molecule has 0 amide bonds. The maximum Gasteiger partial charge on any atom is 0.176 e. The van der Waals surface area contributed by atoms with Gasteiger partial charge in [0.15, 0.2) is 5.78 Å². The maximum atomic E-state index is 12.3. The van der Waals surface area contributed by atoms with Crippen LogP contribution in [-0.2, 0) is 6.54 Å². The molecule has 0 bridgehead atoms. The lowest BCUT2D eigenvalue weighted by Crippen LogP contribution is -2.25. The van der Waals surface area contributed by atoms with Gasteiger partial charge in [0.05, 0.1) is 6.54 Å². The first kappa shape index (κ1) is 15.5. The number of hydrogen-bond acceptors (Lipinski definition) is 2. The molecule has 0 unspecified atom stereocenters. The molecule has 0 aromatic heterocycles. The van der Waals surface area contributed by atoms with Crippen molar-refractivity contribution < 1.29 is 4.79 Å². The second-order valence-corrected chi connectivity index (χ2v) is 5.86. The Bertz CT molecular complexity index is 572. The molecule has 0 saturated heterocycles. The molecule has 0 spiro atoms. The summed E-state index contributed by atoms with van der Waals surface area (Å²) >= 11 is 0. The van der Waals surface area contributed by atoms with E-state index in [4.69, 9.17) is 0 Å². The highest BCUT2D eigenvalue weighted by Gasteiger charge is 2.10. The van der Waals surface area contributed by atoms with Gasteiger partial charge in [-0.2, -0.15) is 0 Å². The van der Waals surface area contributed by atoms with Crippen LogP contribution in [0.2, 0.25) is 0 Å². The Morgan fingerprint density at radius 2 is 1.62 bits per heavy atom. The summed E-state index contributed by atoms with van der Waals surface area (Å²) in [5, 5.41) is 0. The van der Waals surface area contributed by atoms with E-state index in [0.29, 0.717) is 12.5 Å². The molecule has 2 aromatic rings. The van der Waals surface area contributed by atoms with E-state index in [1.54, 1.807) is 0 Å². The number of carbonyl (C=O) groups is 1. The molecule has 2 aromatic carbocycles. The summed E-state index contributed by atoms with van der Waals surface area (Å²) in [5.74, 6) is 0.665. The van der Waals surface area contributed by atoms with Gasteiger partial charge in [-0.15, -0.1) is 0 Å². The van der Waals surface area contributed by atoms with Gasteiger partial charge < -0.3 is 0 Å². The number of ketones is 1. The van der Waals surface area contributed by atoms with Gasteiger partial charge in [-0.25, -0.2) is 0 Å². The second kappa shape index (κ2) is 7.19. The molecule has 0 saturated carbocycles. The van der Waals surface area contributed by atoms with Gasteiger partial charge in [0.2, 0.25) is 0 Å². The predicted octanol–water partition coefficient (Wildman–Crippen LogP) is 4.12. The molecular weight excluding hydrogens is 258 g/mol. The van der Waals surface area contributed by atoms with Crippen molar-refractivity contribution >= 4 is 5.78 Å². The van der Waals surface area contributed by atoms with E-state index in [-0.39, 0.29) is 5.78 Å². The predicted molar refractivity (Wildman–Crippen MR) is 87.6 cm³/mol. The van der Waals surface area contributed by atoms with Crippen LogP contribution in [0.5, 0.6) is 0 Å². The Morgan fingerprint density at radius 1 is 1.00 bits per heavy atom. The van der Waals surface area contributed by atoms with Crippen molar-refractivity contribution in [1.82, 2.24) is 4.90 Å². The minimum Gasteiger partial charge on any atom is -0.295 e. The second-order valence-electron chi connectivity index (χ2n) is 5.86. The minimum atomic E-state index is 0.170. The zero-order chi connectivity index (χ0) is 15.2. The third kappa shape index (κ3) is 4.54. The van der Waals surface area contributed by atoms with Crippen molar-refractivity contribution in [3.8, 4) is 0 Å². The zero-order valence-electron chi connectivity index (χ0n) is 13.0. The molecule has 0 N–H and O–H groups in total. The summed E-state index contributed by atoms with van der Waals surface area (Å²) in [4.78, 5) is 14.3. The molecule has 0 radical (unpaired) electrons. The number of hydrogen-bond donors (Lipinski definition) is 0. The highest BCUT2D eigenvalue weighted by Crippen LogP contribution is 2.15. The number of nitrogens with zero attached hydrogens (tertiary/aromatic N) is 1. The fourth-order valence-corrected chi connectivity index (χ4v) is 2.34. The maximum absolute atomic E-state index is 12.3. The van der Waals surface area contributed by atoms with E-state index in [1.807, 2.05) is 42.3 Å². The normalized spacial score (nSPS) is 11.1. The van der Waals surface area contributed by atoms with Gasteiger partial charge in [-0.1, -0.05) is 68.4 Å². The third-order valence-electron chi connectivity index (χ3n) is 3.61. The van der Waals surface area contributed by atoms with Crippen LogP contribution in [0.25, 0.3) is 0 Å². The van der Waals surface area contributed by atoms with Crippen LogP contribution >= 0.6 is 0 Å². The molecule has 2 rings (SSSR count). The van der Waals surface area contributed by atoms with Crippen LogP contribution in [0.4, 0.5) is 0 Å². The lowest BCUT2D eigenvalue weighted by molar-refractivity contribution is 0.0943. The number of Topliss-reactive ketones (excluding diaryl/α,β-unsaturated/α-hetero) is 1. The average molecular weight is 281 g/mol. The van der Waals surface area contributed by atoms with Gasteiger partial charge in [-0.05, 0) is 24.1 Å². The molecule has 0 aliphatic rings. The van der Waals surface area contributed by atoms with Crippen LogP contribution in [0.1, 0.15) is 41.3 Å². The largest absolute Gasteiger partial charge is 0.295 e. The Morgan fingerprint density at radius 3 is 2.19 bits per heavy atom. The fraction of sp³-hybridized carbons (Fsp3) is 0.316. The molecule has 0 aliphatic carbocycles. The summed E-state index contributed by atoms with van der Waals surface area (Å²) in [6, 6.07) is 18.2. The summed E-state index contributed by atoms with van der Waals surface area (Å²) < 4.78 is 0. The molecule has 0 heterocycles. The molecule has 0 aliphatic heterocycles. The van der Waals surface area contributed by atoms with Crippen LogP contribution in [0, 0.1) is 0 Å². The molecule has 21 heavy (non-hydrogen) atoms. The zero-order valence-corrected chi connectivity index (χ0v) is 13.0. The number of carbonyl (C=O) groups excluding carboxylic acids is 1. The first-order chi connectivity index (χ1) is 10.1. The Kier molecular flexibility index (Phi) is 5.29. The highest BCUT2D eigenvalue weighted by molar-refractivity contribution is 5.97. The van der Waals surface area contributed by atoms with Gasteiger partial charge in [0.1, 0.15) is 0 Å². The van der Waals surface area contributed by atoms with E-state index in [9.17, 15) is 4.79 Å². The molecule has 2 nitrogen and oxygen atoms in total. The van der Waals surface area contributed by atoms with Crippen molar-refractivity contribution in [2.24, 2.45) is 0 Å². The van der Waals surface area contributed by atoms with E-state index in [1.165, 1.54) is 11.1 Å². The first-order valence-corrected chi connectivity index (χ1v) is 7.42. The summed E-state index contributed by atoms with van der Waals surface area (Å²) in [7, 11) is 1.98. The van der Waals surface area contributed by atoms with Crippen molar-refractivity contribution in [3.05, 3.63) is 71.3 Å². The molecule has 2 heteroatoms. The summed E-state index contributed by atoms with van der Waals surface area (Å²) in [6.45, 7) is 5.54. The van der Waals surface area contributed by atoms with Gasteiger partial charge in [-0.3, -0.25) is 9.69 Å². The van der Waals surface area contributed by atoms with Crippen molar-refractivity contribution in [2.75, 3.05) is 13.6 Å². The number of likely N-dealkylation sites (N-methyl/N-ethyl adjacent to an activating group) is 1. The lowest BCUT2D eigenvalue weighted by atomic mass is 10.0. The third-order valence-corrected chi connectivity index (χ3v) is 3.61. The van der Waals surface area contributed by atoms with Gasteiger partial charge in [0.25, 0.3) is 0 Å². The Labute approximate surface area is 127 Å². The van der Waals surface area contributed by atoms with Crippen molar-refractivity contribution in [2.45, 2.75) is 26.3 Å². The van der Waals surface area contributed by atoms with E-state index < -0.39 is 0 Å². The average Bonchev–Trinajstić information content (AvgIpc) is 2.48. The van der Waals surface area contributed by atoms with E-state index in [0.717, 1.165) is 12.1 Å². The monoisotopic (exact) mass is 281 g/mol. The fourth-order valence-electron chi connectivity index (χ4n) is 2.34.